The lowest BCUT2D eigenvalue weighted by Gasteiger charge is -2.38. The molecule has 6 rings (SSSR count). The van der Waals surface area contributed by atoms with Crippen LogP contribution in [0.3, 0.4) is 0 Å². The molecule has 0 aliphatic carbocycles. The molecule has 0 radical (unpaired) electrons. The van der Waals surface area contributed by atoms with Crippen LogP contribution >= 0.6 is 0 Å². The van der Waals surface area contributed by atoms with E-state index in [1.807, 2.05) is 124 Å². The van der Waals surface area contributed by atoms with Gasteiger partial charge in [0.2, 0.25) is 5.91 Å². The Morgan fingerprint density at radius 2 is 1.45 bits per heavy atom. The summed E-state index contributed by atoms with van der Waals surface area (Å²) in [6.45, 7) is 12.1. The Bertz CT molecular complexity index is 2310. The van der Waals surface area contributed by atoms with Gasteiger partial charge in [0.1, 0.15) is 12.1 Å². The minimum Gasteiger partial charge on any atom is -0.465 e. The van der Waals surface area contributed by atoms with Crippen LogP contribution in [0.2, 0.25) is 0 Å². The standard InChI is InChI=1S/C48H58N8O6/c1-47(2,3)41(52-45(60)61)43(58)53-55(29-33-19-21-34(22-20-33)37-17-12-13-24-49-37)31-40(57)39(28-32-14-8-7-9-15-32)51-44(59)42(48(4,5)6)56-27-26-54(46(56)62)30-35-23-25-50-38-18-11-10-16-36(35)38/h7-25,39-42,52,57H,26-31H2,1-6H3,(H,51,59)(H,53,58)(H,60,61)/t39-,40-,41+,42+/m0/s1. The number of hydrogen-bond acceptors (Lipinski definition) is 8. The fourth-order valence-corrected chi connectivity index (χ4v) is 7.96. The van der Waals surface area contributed by atoms with Gasteiger partial charge in [0.15, 0.2) is 0 Å². The number of rotatable bonds is 16. The van der Waals surface area contributed by atoms with Crippen LogP contribution in [0.1, 0.15) is 58.2 Å². The van der Waals surface area contributed by atoms with Gasteiger partial charge in [-0.3, -0.25) is 25.0 Å². The number of aromatic nitrogens is 2. The maximum Gasteiger partial charge on any atom is 0.405 e. The summed E-state index contributed by atoms with van der Waals surface area (Å²) in [4.78, 5) is 66.8. The molecule has 1 aliphatic rings. The van der Waals surface area contributed by atoms with Gasteiger partial charge in [0.05, 0.1) is 23.4 Å². The van der Waals surface area contributed by atoms with E-state index in [9.17, 15) is 29.4 Å². The van der Waals surface area contributed by atoms with Gasteiger partial charge in [-0.2, -0.15) is 0 Å². The van der Waals surface area contributed by atoms with Crippen molar-refractivity contribution in [3.63, 3.8) is 0 Å². The van der Waals surface area contributed by atoms with Crippen LogP contribution in [0.4, 0.5) is 9.59 Å². The normalized spacial score (nSPS) is 15.3. The number of carbonyl (C=O) groups excluding carboxylic acids is 3. The van der Waals surface area contributed by atoms with E-state index in [1.54, 1.807) is 48.0 Å². The van der Waals surface area contributed by atoms with Crippen molar-refractivity contribution in [2.45, 2.75) is 85.3 Å². The Morgan fingerprint density at radius 1 is 0.758 bits per heavy atom. The van der Waals surface area contributed by atoms with Gasteiger partial charge in [0.25, 0.3) is 5.91 Å². The van der Waals surface area contributed by atoms with Crippen molar-refractivity contribution in [3.8, 4) is 11.3 Å². The third-order valence-electron chi connectivity index (χ3n) is 11.1. The van der Waals surface area contributed by atoms with Crippen LogP contribution in [-0.4, -0.2) is 103 Å². The molecule has 4 atom stereocenters. The number of fused-ring (bicyclic) bond motifs is 1. The molecule has 5 aromatic rings. The lowest BCUT2D eigenvalue weighted by atomic mass is 9.84. The van der Waals surface area contributed by atoms with Crippen LogP contribution < -0.4 is 16.1 Å². The molecule has 5 amide bonds. The highest BCUT2D eigenvalue weighted by atomic mass is 16.4. The van der Waals surface area contributed by atoms with Crippen molar-refractivity contribution in [2.24, 2.45) is 10.8 Å². The number of amides is 5. The summed E-state index contributed by atoms with van der Waals surface area (Å²) < 4.78 is 0. The summed E-state index contributed by atoms with van der Waals surface area (Å²) in [7, 11) is 0. The molecule has 0 bridgehead atoms. The van der Waals surface area contributed by atoms with Gasteiger partial charge in [0, 0.05) is 56.1 Å². The predicted octanol–water partition coefficient (Wildman–Crippen LogP) is 6.25. The molecule has 1 aliphatic heterocycles. The third-order valence-corrected chi connectivity index (χ3v) is 11.1. The van der Waals surface area contributed by atoms with Crippen molar-refractivity contribution in [3.05, 3.63) is 132 Å². The summed E-state index contributed by atoms with van der Waals surface area (Å²) >= 11 is 0. The number of aliphatic hydroxyl groups excluding tert-OH is 1. The van der Waals surface area contributed by atoms with E-state index in [2.05, 4.69) is 26.0 Å². The number of carboxylic acid groups (broad SMARTS) is 1. The lowest BCUT2D eigenvalue weighted by Crippen LogP contribution is -2.61. The topological polar surface area (TPSA) is 180 Å². The summed E-state index contributed by atoms with van der Waals surface area (Å²) in [6.07, 6.45) is 1.10. The zero-order valence-corrected chi connectivity index (χ0v) is 36.3. The SMILES string of the molecule is CC(C)(C)[C@H](NC(=O)O)C(=O)NN(Cc1ccc(-c2ccccn2)cc1)C[C@H](O)[C@H](Cc1ccccc1)NC(=O)[C@@H](N1CCN(Cc2ccnc3ccccc23)C1=O)C(C)(C)C. The number of urea groups is 1. The molecule has 0 saturated carbocycles. The Morgan fingerprint density at radius 3 is 2.11 bits per heavy atom. The molecule has 1 fully saturated rings. The number of pyridine rings is 2. The molecule has 3 aromatic carbocycles. The molecule has 5 N–H and O–H groups in total. The van der Waals surface area contributed by atoms with Gasteiger partial charge in [-0.25, -0.2) is 14.6 Å². The molecular weight excluding hydrogens is 785 g/mol. The second kappa shape index (κ2) is 19.6. The molecule has 326 valence electrons. The molecule has 14 nitrogen and oxygen atoms in total. The number of benzene rings is 3. The molecule has 3 heterocycles. The Labute approximate surface area is 363 Å². The summed E-state index contributed by atoms with van der Waals surface area (Å²) in [5.41, 5.74) is 6.54. The van der Waals surface area contributed by atoms with Gasteiger partial charge < -0.3 is 30.6 Å². The number of para-hydroxylation sites is 1. The number of aliphatic hydroxyl groups is 1. The lowest BCUT2D eigenvalue weighted by molar-refractivity contribution is -0.133. The van der Waals surface area contributed by atoms with Crippen LogP contribution in [0, 0.1) is 10.8 Å². The Kier molecular flexibility index (Phi) is 14.2. The fourth-order valence-electron chi connectivity index (χ4n) is 7.96. The summed E-state index contributed by atoms with van der Waals surface area (Å²) in [5.74, 6) is -1.02. The number of nitrogens with zero attached hydrogens (tertiary/aromatic N) is 5. The van der Waals surface area contributed by atoms with E-state index in [0.717, 1.165) is 38.9 Å². The van der Waals surface area contributed by atoms with Crippen LogP contribution in [0.25, 0.3) is 22.2 Å². The fraction of sp³-hybridized carbons (Fsp3) is 0.375. The average molecular weight is 843 g/mol. The predicted molar refractivity (Wildman–Crippen MR) is 238 cm³/mol. The number of hydrogen-bond donors (Lipinski definition) is 5. The third kappa shape index (κ3) is 11.5. The quantitative estimate of drug-likeness (QED) is 0.0718. The first-order chi connectivity index (χ1) is 29.5. The van der Waals surface area contributed by atoms with Gasteiger partial charge >= 0.3 is 12.1 Å². The van der Waals surface area contributed by atoms with Crippen molar-refractivity contribution in [1.29, 1.82) is 0 Å². The Hall–Kier alpha value is -6.38. The van der Waals surface area contributed by atoms with Gasteiger partial charge in [-0.1, -0.05) is 120 Å². The highest BCUT2D eigenvalue weighted by Crippen LogP contribution is 2.30. The number of carbonyl (C=O) groups is 4. The van der Waals surface area contributed by atoms with E-state index >= 15 is 0 Å². The molecule has 0 unspecified atom stereocenters. The maximum absolute atomic E-state index is 14.7. The molecule has 14 heteroatoms. The van der Waals surface area contributed by atoms with Gasteiger partial charge in [-0.15, -0.1) is 0 Å². The van der Waals surface area contributed by atoms with Crippen molar-refractivity contribution < 1.29 is 29.4 Å². The van der Waals surface area contributed by atoms with Crippen molar-refractivity contribution >= 4 is 34.8 Å². The number of hydrazine groups is 1. The molecule has 0 spiro atoms. The van der Waals surface area contributed by atoms with E-state index < -0.39 is 53.0 Å². The van der Waals surface area contributed by atoms with Crippen LogP contribution in [0.15, 0.2) is 116 Å². The van der Waals surface area contributed by atoms with Crippen molar-refractivity contribution in [2.75, 3.05) is 19.6 Å². The number of nitrogens with one attached hydrogen (secondary N) is 3. The monoisotopic (exact) mass is 842 g/mol. The minimum absolute atomic E-state index is 0.136. The first kappa shape index (κ1) is 45.2. The van der Waals surface area contributed by atoms with E-state index in [0.29, 0.717) is 19.6 Å². The maximum atomic E-state index is 14.7. The first-order valence-electron chi connectivity index (χ1n) is 20.9. The summed E-state index contributed by atoms with van der Waals surface area (Å²) in [5, 5.41) is 29.8. The molecule has 62 heavy (non-hydrogen) atoms. The van der Waals surface area contributed by atoms with E-state index in [-0.39, 0.29) is 25.5 Å². The minimum atomic E-state index is -1.35. The molecule has 2 aromatic heterocycles. The zero-order valence-electron chi connectivity index (χ0n) is 36.3. The smallest absolute Gasteiger partial charge is 0.405 e. The van der Waals surface area contributed by atoms with Gasteiger partial charge in [-0.05, 0) is 58.2 Å². The molecular formula is C48H58N8O6. The Balaban J connectivity index is 1.25. The average Bonchev–Trinajstić information content (AvgIpc) is 3.57. The second-order valence-electron chi connectivity index (χ2n) is 18.0. The van der Waals surface area contributed by atoms with E-state index in [4.69, 9.17) is 0 Å². The highest BCUT2D eigenvalue weighted by Gasteiger charge is 2.44. The van der Waals surface area contributed by atoms with Crippen LogP contribution in [-0.2, 0) is 29.1 Å². The second-order valence-corrected chi connectivity index (χ2v) is 18.0. The summed E-state index contributed by atoms with van der Waals surface area (Å²) in [6, 6.07) is 29.3. The van der Waals surface area contributed by atoms with Crippen molar-refractivity contribution in [1.82, 2.24) is 40.8 Å². The zero-order chi connectivity index (χ0) is 44.6. The largest absolute Gasteiger partial charge is 0.465 e. The van der Waals surface area contributed by atoms with Crippen LogP contribution in [0.5, 0.6) is 0 Å². The molecule has 1 saturated heterocycles. The highest BCUT2D eigenvalue weighted by molar-refractivity contribution is 5.89. The first-order valence-corrected chi connectivity index (χ1v) is 20.9. The van der Waals surface area contributed by atoms with E-state index in [1.165, 1.54) is 0 Å².